The molecule has 0 fully saturated rings. The predicted molar refractivity (Wildman–Crippen MR) is 242 cm³/mol. The summed E-state index contributed by atoms with van der Waals surface area (Å²) in [6.45, 7) is 0. The van der Waals surface area contributed by atoms with Crippen LogP contribution in [0.4, 0.5) is 0 Å². The number of esters is 1. The first-order valence-electron chi connectivity index (χ1n) is 19.3. The van der Waals surface area contributed by atoms with Crippen LogP contribution in [0.2, 0.25) is 0 Å². The summed E-state index contributed by atoms with van der Waals surface area (Å²) in [4.78, 5) is 29.8. The first-order valence-corrected chi connectivity index (χ1v) is 21.9. The first kappa shape index (κ1) is 38.4. The Kier molecular flexibility index (Phi) is 12.4. The van der Waals surface area contributed by atoms with Crippen molar-refractivity contribution in [3.05, 3.63) is 253 Å². The molecule has 0 aromatic heterocycles. The van der Waals surface area contributed by atoms with Crippen molar-refractivity contribution in [1.82, 2.24) is 5.32 Å². The molecule has 8 aromatic rings. The average molecular weight is 790 g/mol. The Morgan fingerprint density at radius 1 is 0.379 bits per heavy atom. The van der Waals surface area contributed by atoms with Gasteiger partial charge in [-0.25, -0.2) is 4.79 Å². The lowest BCUT2D eigenvalue weighted by atomic mass is 9.95. The number of carbonyl (C=O) groups is 2. The summed E-state index contributed by atoms with van der Waals surface area (Å²) in [5.74, 6) is -0.714. The van der Waals surface area contributed by atoms with Gasteiger partial charge in [-0.2, -0.15) is 0 Å². The second-order valence-electron chi connectivity index (χ2n) is 13.6. The van der Waals surface area contributed by atoms with E-state index in [9.17, 15) is 9.59 Å². The van der Waals surface area contributed by atoms with Gasteiger partial charge in [0.15, 0.2) is 6.10 Å². The van der Waals surface area contributed by atoms with E-state index in [1.54, 1.807) is 0 Å². The highest BCUT2D eigenvalue weighted by molar-refractivity contribution is 7.80. The molecule has 58 heavy (non-hydrogen) atoms. The third-order valence-electron chi connectivity index (χ3n) is 9.92. The molecule has 1 amide bonds. The van der Waals surface area contributed by atoms with E-state index in [4.69, 9.17) is 4.74 Å². The number of hydrogen-bond donors (Lipinski definition) is 1. The fourth-order valence-electron chi connectivity index (χ4n) is 7.23. The van der Waals surface area contributed by atoms with Crippen LogP contribution < -0.4 is 37.1 Å². The summed E-state index contributed by atoms with van der Waals surface area (Å²) in [5.41, 5.74) is 2.64. The highest BCUT2D eigenvalue weighted by atomic mass is 31.1. The van der Waals surface area contributed by atoms with Crippen LogP contribution in [0.15, 0.2) is 231 Å². The van der Waals surface area contributed by atoms with Gasteiger partial charge < -0.3 is 10.1 Å². The zero-order valence-electron chi connectivity index (χ0n) is 31.7. The van der Waals surface area contributed by atoms with Crippen LogP contribution in [0.3, 0.4) is 0 Å². The molecule has 0 saturated heterocycles. The zero-order chi connectivity index (χ0) is 39.5. The molecule has 0 unspecified atom stereocenters. The van der Waals surface area contributed by atoms with Crippen LogP contribution in [0.25, 0.3) is 0 Å². The van der Waals surface area contributed by atoms with Gasteiger partial charge in [-0.1, -0.05) is 218 Å². The molecule has 282 valence electrons. The van der Waals surface area contributed by atoms with Gasteiger partial charge in [0.25, 0.3) is 5.91 Å². The third kappa shape index (κ3) is 8.75. The monoisotopic (exact) mass is 789 g/mol. The smallest absolute Gasteiger partial charge is 0.339 e. The summed E-state index contributed by atoms with van der Waals surface area (Å²) in [6.07, 6.45) is -0.871. The van der Waals surface area contributed by atoms with Crippen molar-refractivity contribution in [2.45, 2.75) is 12.1 Å². The van der Waals surface area contributed by atoms with Crippen molar-refractivity contribution in [3.8, 4) is 0 Å². The Balaban J connectivity index is 1.20. The molecule has 0 saturated carbocycles. The third-order valence-corrected chi connectivity index (χ3v) is 14.9. The van der Waals surface area contributed by atoms with Gasteiger partial charge >= 0.3 is 5.97 Å². The number of carbonyl (C=O) groups excluding carboxylic acids is 2. The Hall–Kier alpha value is -6.44. The summed E-state index contributed by atoms with van der Waals surface area (Å²) in [5, 5.41) is 9.77. The lowest BCUT2D eigenvalue weighted by Gasteiger charge is -2.30. The van der Waals surface area contributed by atoms with E-state index in [-0.39, 0.29) is 5.91 Å². The van der Waals surface area contributed by atoms with Crippen molar-refractivity contribution in [3.63, 3.8) is 0 Å². The molecule has 2 atom stereocenters. The Labute approximate surface area is 342 Å². The van der Waals surface area contributed by atoms with E-state index >= 15 is 0 Å². The standard InChI is InChI=1S/C52H41NO3P2/c54-51(45-35-19-21-37-47(45)57(41-27-11-3-12-28-41)42-29-13-4-14-30-42)53-49(39-23-7-1-8-24-39)50(40-25-9-2-10-26-40)56-52(55)46-36-20-22-38-48(46)58(43-31-15-5-16-32-43)44-33-17-6-18-34-44/h1-38,49-50H,(H,53,54)/t49-,50+/m0/s1. The maximum Gasteiger partial charge on any atom is 0.339 e. The molecule has 0 radical (unpaired) electrons. The maximum absolute atomic E-state index is 14.9. The largest absolute Gasteiger partial charge is 0.451 e. The average Bonchev–Trinajstić information content (AvgIpc) is 3.30. The van der Waals surface area contributed by atoms with Gasteiger partial charge in [0, 0.05) is 5.56 Å². The van der Waals surface area contributed by atoms with E-state index in [1.807, 2.05) is 176 Å². The van der Waals surface area contributed by atoms with Crippen molar-refractivity contribution < 1.29 is 14.3 Å². The molecule has 0 aliphatic rings. The number of nitrogens with one attached hydrogen (secondary N) is 1. The number of benzene rings is 8. The minimum Gasteiger partial charge on any atom is -0.451 e. The fraction of sp³-hybridized carbons (Fsp3) is 0.0385. The topological polar surface area (TPSA) is 55.4 Å². The number of ether oxygens (including phenoxy) is 1. The molecule has 8 rings (SSSR count). The maximum atomic E-state index is 14.9. The second kappa shape index (κ2) is 18.7. The van der Waals surface area contributed by atoms with E-state index in [0.29, 0.717) is 11.1 Å². The number of amides is 1. The summed E-state index contributed by atoms with van der Waals surface area (Å²) in [6, 6.07) is 75.7. The molecule has 0 spiro atoms. The van der Waals surface area contributed by atoms with Crippen molar-refractivity contribution >= 4 is 59.5 Å². The van der Waals surface area contributed by atoms with Gasteiger partial charge in [0.05, 0.1) is 11.6 Å². The van der Waals surface area contributed by atoms with E-state index < -0.39 is 34.0 Å². The Morgan fingerprint density at radius 3 is 1.14 bits per heavy atom. The quantitative estimate of drug-likeness (QED) is 0.0937. The molecule has 1 N–H and O–H groups in total. The second-order valence-corrected chi connectivity index (χ2v) is 18.0. The normalized spacial score (nSPS) is 12.1. The molecule has 0 aliphatic carbocycles. The van der Waals surface area contributed by atoms with E-state index in [1.165, 1.54) is 0 Å². The molecule has 0 aliphatic heterocycles. The van der Waals surface area contributed by atoms with Crippen molar-refractivity contribution in [1.29, 1.82) is 0 Å². The van der Waals surface area contributed by atoms with Gasteiger partial charge in [0.1, 0.15) is 0 Å². The van der Waals surface area contributed by atoms with Crippen LogP contribution in [-0.4, -0.2) is 11.9 Å². The van der Waals surface area contributed by atoms with Crippen molar-refractivity contribution in [2.24, 2.45) is 0 Å². The summed E-state index contributed by atoms with van der Waals surface area (Å²) < 4.78 is 6.72. The summed E-state index contributed by atoms with van der Waals surface area (Å²) >= 11 is 0. The molecular weight excluding hydrogens is 749 g/mol. The van der Waals surface area contributed by atoms with Crippen molar-refractivity contribution in [2.75, 3.05) is 0 Å². The molecule has 0 bridgehead atoms. The molecule has 0 heterocycles. The van der Waals surface area contributed by atoms with E-state index in [2.05, 4.69) is 59.9 Å². The van der Waals surface area contributed by atoms with Crippen LogP contribution in [-0.2, 0) is 4.74 Å². The van der Waals surface area contributed by atoms with Gasteiger partial charge in [-0.15, -0.1) is 0 Å². The minimum absolute atomic E-state index is 0.252. The van der Waals surface area contributed by atoms with Gasteiger partial charge in [-0.3, -0.25) is 4.79 Å². The first-order chi connectivity index (χ1) is 28.7. The zero-order valence-corrected chi connectivity index (χ0v) is 33.5. The Morgan fingerprint density at radius 2 is 0.707 bits per heavy atom. The highest BCUT2D eigenvalue weighted by Crippen LogP contribution is 2.38. The number of rotatable bonds is 13. The summed E-state index contributed by atoms with van der Waals surface area (Å²) in [7, 11) is -2.17. The molecular formula is C52H41NO3P2. The molecule has 6 heteroatoms. The van der Waals surface area contributed by atoms with Crippen LogP contribution in [0.5, 0.6) is 0 Å². The fourth-order valence-corrected chi connectivity index (χ4v) is 12.1. The van der Waals surface area contributed by atoms with Crippen LogP contribution >= 0.6 is 15.8 Å². The number of hydrogen-bond acceptors (Lipinski definition) is 3. The Bertz CT molecular complexity index is 2300. The van der Waals surface area contributed by atoms with Gasteiger partial charge in [-0.05, 0) is 70.9 Å². The van der Waals surface area contributed by atoms with Crippen LogP contribution in [0, 0.1) is 0 Å². The molecule has 8 aromatic carbocycles. The molecule has 4 nitrogen and oxygen atoms in total. The minimum atomic E-state index is -1.10. The lowest BCUT2D eigenvalue weighted by molar-refractivity contribution is 0.0189. The van der Waals surface area contributed by atoms with E-state index in [0.717, 1.165) is 43.0 Å². The highest BCUT2D eigenvalue weighted by Gasteiger charge is 2.33. The predicted octanol–water partition coefficient (Wildman–Crippen LogP) is 9.27. The lowest BCUT2D eigenvalue weighted by Crippen LogP contribution is -2.37. The SMILES string of the molecule is O=C(N[C@@H](c1ccccc1)[C@H](OC(=O)c1ccccc1P(c1ccccc1)c1ccccc1)c1ccccc1)c1ccccc1P(c1ccccc1)c1ccccc1. The van der Waals surface area contributed by atoms with Gasteiger partial charge in [0.2, 0.25) is 0 Å². The van der Waals surface area contributed by atoms with Crippen LogP contribution in [0.1, 0.15) is 44.0 Å².